The summed E-state index contributed by atoms with van der Waals surface area (Å²) in [6.45, 7) is 2.21. The Bertz CT molecular complexity index is 1750. The molecule has 12 nitrogen and oxygen atoms in total. The number of anilines is 1. The van der Waals surface area contributed by atoms with Gasteiger partial charge in [-0.2, -0.15) is 0 Å². The number of ether oxygens (including phenoxy) is 1. The van der Waals surface area contributed by atoms with Crippen molar-refractivity contribution >= 4 is 69.3 Å². The molecule has 4 aromatic rings. The average molecular weight is 693 g/mol. The standard InChI is InChI=1S/C31H37N7O5S.2ClH/c1-4-43-30(40)20-34-29(39)21-37-27-15-14-24(38(17-16-36(2)3)44(41,42)25-8-6-5-7-9-25)19-26(27)35-28(37)18-22-10-12-23(13-11-22)31(32)33;;/h5-15,19H,4,16-18,20-21H2,1-3H3,(H3,32,33)(H,34,39);2*1H. The van der Waals surface area contributed by atoms with Crippen LogP contribution in [0, 0.1) is 5.41 Å². The molecule has 0 bridgehead atoms. The van der Waals surface area contributed by atoms with Crippen LogP contribution in [-0.2, 0) is 37.3 Å². The van der Waals surface area contributed by atoms with E-state index in [1.165, 1.54) is 4.31 Å². The molecule has 0 saturated carbocycles. The van der Waals surface area contributed by atoms with Crippen LogP contribution < -0.4 is 15.4 Å². The number of likely N-dealkylation sites (N-methyl/N-ethyl adjacent to an activating group) is 1. The van der Waals surface area contributed by atoms with Crippen molar-refractivity contribution in [2.75, 3.05) is 44.6 Å². The number of halogens is 2. The molecule has 0 aliphatic rings. The van der Waals surface area contributed by atoms with E-state index >= 15 is 0 Å². The van der Waals surface area contributed by atoms with Crippen molar-refractivity contribution in [3.8, 4) is 0 Å². The number of sulfonamides is 1. The molecule has 3 aromatic carbocycles. The minimum atomic E-state index is -3.88. The number of imidazole rings is 1. The van der Waals surface area contributed by atoms with Gasteiger partial charge in [0, 0.05) is 25.1 Å². The highest BCUT2D eigenvalue weighted by atomic mass is 35.5. The van der Waals surface area contributed by atoms with Crippen LogP contribution in [0.5, 0.6) is 0 Å². The zero-order valence-electron chi connectivity index (χ0n) is 25.8. The largest absolute Gasteiger partial charge is 0.465 e. The first kappa shape index (κ1) is 38.0. The number of nitrogen functional groups attached to an aromatic ring is 1. The number of rotatable bonds is 14. The van der Waals surface area contributed by atoms with E-state index < -0.39 is 21.9 Å². The van der Waals surface area contributed by atoms with Crippen LogP contribution in [0.1, 0.15) is 23.9 Å². The number of amides is 1. The molecule has 4 rings (SSSR count). The van der Waals surface area contributed by atoms with Gasteiger partial charge in [0.05, 0.1) is 28.2 Å². The van der Waals surface area contributed by atoms with Crippen LogP contribution in [0.4, 0.5) is 5.69 Å². The van der Waals surface area contributed by atoms with Gasteiger partial charge in [0.15, 0.2) is 0 Å². The SMILES string of the molecule is CCOC(=O)CNC(=O)Cn1c(Cc2ccc(C(=N)N)cc2)nc2cc(N(CCN(C)C)S(=O)(=O)c3ccccc3)ccc21.Cl.Cl. The lowest BCUT2D eigenvalue weighted by atomic mass is 10.1. The third kappa shape index (κ3) is 9.42. The fourth-order valence-corrected chi connectivity index (χ4v) is 6.07. The summed E-state index contributed by atoms with van der Waals surface area (Å²) >= 11 is 0. The summed E-state index contributed by atoms with van der Waals surface area (Å²) in [6, 6.07) is 20.6. The molecule has 1 heterocycles. The molecule has 248 valence electrons. The molecule has 46 heavy (non-hydrogen) atoms. The van der Waals surface area contributed by atoms with Gasteiger partial charge in [-0.1, -0.05) is 42.5 Å². The van der Waals surface area contributed by atoms with Gasteiger partial charge < -0.3 is 25.3 Å². The quantitative estimate of drug-likeness (QED) is 0.103. The summed E-state index contributed by atoms with van der Waals surface area (Å²) in [6.07, 6.45) is 0.347. The Morgan fingerprint density at radius 3 is 2.28 bits per heavy atom. The Hall–Kier alpha value is -4.17. The number of nitrogens with two attached hydrogens (primary N) is 1. The second-order valence-electron chi connectivity index (χ2n) is 10.3. The van der Waals surface area contributed by atoms with E-state index in [0.717, 1.165) is 5.56 Å². The second kappa shape index (κ2) is 16.9. The third-order valence-corrected chi connectivity index (χ3v) is 8.69. The van der Waals surface area contributed by atoms with Crippen molar-refractivity contribution in [1.82, 2.24) is 19.8 Å². The smallest absolute Gasteiger partial charge is 0.325 e. The Morgan fingerprint density at radius 2 is 1.67 bits per heavy atom. The van der Waals surface area contributed by atoms with Crippen LogP contribution >= 0.6 is 24.8 Å². The van der Waals surface area contributed by atoms with E-state index in [1.54, 1.807) is 72.2 Å². The monoisotopic (exact) mass is 691 g/mol. The highest BCUT2D eigenvalue weighted by Gasteiger charge is 2.26. The number of carbonyl (C=O) groups is 2. The van der Waals surface area contributed by atoms with E-state index in [2.05, 4.69) is 5.32 Å². The fraction of sp³-hybridized carbons (Fsp3) is 0.290. The number of esters is 1. The number of carbonyl (C=O) groups excluding carboxylic acids is 2. The number of nitrogens with one attached hydrogen (secondary N) is 2. The number of amidine groups is 1. The van der Waals surface area contributed by atoms with Crippen molar-refractivity contribution < 1.29 is 22.7 Å². The maximum Gasteiger partial charge on any atom is 0.325 e. The van der Waals surface area contributed by atoms with Crippen molar-refractivity contribution in [3.05, 3.63) is 89.7 Å². The first-order valence-corrected chi connectivity index (χ1v) is 15.5. The van der Waals surface area contributed by atoms with Gasteiger partial charge in [-0.05, 0) is 56.9 Å². The van der Waals surface area contributed by atoms with Gasteiger partial charge in [-0.3, -0.25) is 19.3 Å². The topological polar surface area (TPSA) is 164 Å². The average Bonchev–Trinajstić information content (AvgIpc) is 3.32. The number of hydrogen-bond donors (Lipinski definition) is 3. The predicted molar refractivity (Wildman–Crippen MR) is 184 cm³/mol. The highest BCUT2D eigenvalue weighted by Crippen LogP contribution is 2.28. The van der Waals surface area contributed by atoms with E-state index in [0.29, 0.717) is 41.1 Å². The van der Waals surface area contributed by atoms with Gasteiger partial charge >= 0.3 is 5.97 Å². The zero-order valence-corrected chi connectivity index (χ0v) is 28.3. The van der Waals surface area contributed by atoms with Crippen molar-refractivity contribution in [2.45, 2.75) is 24.8 Å². The molecular formula is C31H39Cl2N7O5S. The summed E-state index contributed by atoms with van der Waals surface area (Å²) in [5.41, 5.74) is 8.63. The molecule has 0 fully saturated rings. The Morgan fingerprint density at radius 1 is 1.00 bits per heavy atom. The number of aromatic nitrogens is 2. The molecular weight excluding hydrogens is 653 g/mol. The maximum atomic E-state index is 13.8. The van der Waals surface area contributed by atoms with Crippen LogP contribution in [0.3, 0.4) is 0 Å². The third-order valence-electron chi connectivity index (χ3n) is 6.84. The molecule has 0 saturated heterocycles. The summed E-state index contributed by atoms with van der Waals surface area (Å²) in [5.74, 6) is -0.429. The zero-order chi connectivity index (χ0) is 31.9. The summed E-state index contributed by atoms with van der Waals surface area (Å²) in [7, 11) is -0.133. The normalized spacial score (nSPS) is 11.0. The molecule has 0 atom stereocenters. The van der Waals surface area contributed by atoms with Crippen LogP contribution in [-0.4, -0.2) is 80.9 Å². The van der Waals surface area contributed by atoms with Gasteiger partial charge in [0.2, 0.25) is 5.91 Å². The first-order chi connectivity index (χ1) is 21.0. The highest BCUT2D eigenvalue weighted by molar-refractivity contribution is 7.92. The maximum absolute atomic E-state index is 13.8. The van der Waals surface area contributed by atoms with Gasteiger partial charge in [-0.15, -0.1) is 24.8 Å². The summed E-state index contributed by atoms with van der Waals surface area (Å²) < 4.78 is 35.5. The molecule has 0 radical (unpaired) electrons. The molecule has 1 amide bonds. The van der Waals surface area contributed by atoms with Gasteiger partial charge in [0.1, 0.15) is 24.7 Å². The molecule has 0 aliphatic heterocycles. The van der Waals surface area contributed by atoms with Crippen molar-refractivity contribution in [2.24, 2.45) is 5.73 Å². The summed E-state index contributed by atoms with van der Waals surface area (Å²) in [4.78, 5) is 31.6. The second-order valence-corrected chi connectivity index (χ2v) is 12.2. The lowest BCUT2D eigenvalue weighted by Gasteiger charge is -2.26. The molecule has 0 spiro atoms. The van der Waals surface area contributed by atoms with E-state index in [4.69, 9.17) is 20.9 Å². The number of benzene rings is 3. The summed E-state index contributed by atoms with van der Waals surface area (Å²) in [5, 5.41) is 10.2. The van der Waals surface area contributed by atoms with E-state index in [-0.39, 0.29) is 61.8 Å². The number of nitrogens with zero attached hydrogens (tertiary/aromatic N) is 4. The lowest BCUT2D eigenvalue weighted by Crippen LogP contribution is -2.36. The van der Waals surface area contributed by atoms with Gasteiger partial charge in [-0.25, -0.2) is 13.4 Å². The molecule has 1 aromatic heterocycles. The Balaban J connectivity index is 0.00000368. The predicted octanol–water partition coefficient (Wildman–Crippen LogP) is 3.19. The number of hydrogen-bond acceptors (Lipinski definition) is 8. The van der Waals surface area contributed by atoms with Crippen LogP contribution in [0.15, 0.2) is 77.7 Å². The van der Waals surface area contributed by atoms with Crippen LogP contribution in [0.25, 0.3) is 11.0 Å². The molecule has 0 unspecified atom stereocenters. The van der Waals surface area contributed by atoms with Crippen LogP contribution in [0.2, 0.25) is 0 Å². The van der Waals surface area contributed by atoms with E-state index in [9.17, 15) is 18.0 Å². The molecule has 15 heteroatoms. The lowest BCUT2D eigenvalue weighted by molar-refractivity contribution is -0.143. The Labute approximate surface area is 281 Å². The van der Waals surface area contributed by atoms with Gasteiger partial charge in [0.25, 0.3) is 10.0 Å². The first-order valence-electron chi connectivity index (χ1n) is 14.1. The minimum absolute atomic E-state index is 0. The number of fused-ring (bicyclic) bond motifs is 1. The van der Waals surface area contributed by atoms with Crippen molar-refractivity contribution in [3.63, 3.8) is 0 Å². The molecule has 0 aliphatic carbocycles. The van der Waals surface area contributed by atoms with E-state index in [1.807, 2.05) is 31.1 Å². The van der Waals surface area contributed by atoms with Crippen molar-refractivity contribution in [1.29, 1.82) is 5.41 Å². The Kier molecular flexibility index (Phi) is 14.0. The minimum Gasteiger partial charge on any atom is -0.465 e. The molecule has 4 N–H and O–H groups in total. The fourth-order valence-electron chi connectivity index (χ4n) is 4.60.